The van der Waals surface area contributed by atoms with E-state index in [4.69, 9.17) is 10.6 Å². The van der Waals surface area contributed by atoms with Gasteiger partial charge in [-0.05, 0) is 74.7 Å². The topological polar surface area (TPSA) is 60.5 Å². The number of ketones is 1. The third kappa shape index (κ3) is 4.23. The van der Waals surface area contributed by atoms with Crippen LogP contribution in [0.15, 0.2) is 54.7 Å². The van der Waals surface area contributed by atoms with Crippen LogP contribution < -0.4 is 10.6 Å². The molecule has 0 spiro atoms. The second-order valence-corrected chi connectivity index (χ2v) is 8.20. The van der Waals surface area contributed by atoms with Gasteiger partial charge in [0.2, 0.25) is 0 Å². The van der Waals surface area contributed by atoms with Gasteiger partial charge >= 0.3 is 0 Å². The minimum Gasteiger partial charge on any atom is -0.494 e. The van der Waals surface area contributed by atoms with Crippen molar-refractivity contribution in [3.63, 3.8) is 0 Å². The van der Waals surface area contributed by atoms with Crippen molar-refractivity contribution in [2.75, 3.05) is 25.5 Å². The van der Waals surface area contributed by atoms with Crippen molar-refractivity contribution in [3.8, 4) is 5.75 Å². The van der Waals surface area contributed by atoms with Crippen molar-refractivity contribution in [1.82, 2.24) is 9.58 Å². The summed E-state index contributed by atoms with van der Waals surface area (Å²) in [5.74, 6) is 7.02. The fourth-order valence-corrected chi connectivity index (χ4v) is 4.28. The average Bonchev–Trinajstić information content (AvgIpc) is 3.14. The Bertz CT molecular complexity index is 1110. The predicted molar refractivity (Wildman–Crippen MR) is 127 cm³/mol. The first-order valence-corrected chi connectivity index (χ1v) is 11.1. The number of carbonyl (C=O) groups excluding carboxylic acids is 1. The first-order valence-electron chi connectivity index (χ1n) is 11.1. The maximum atomic E-state index is 13.1. The second kappa shape index (κ2) is 8.98. The van der Waals surface area contributed by atoms with Crippen molar-refractivity contribution in [2.24, 2.45) is 0 Å². The molecule has 2 heterocycles. The summed E-state index contributed by atoms with van der Waals surface area (Å²) in [5.41, 5.74) is 4.69. The number of benzene rings is 2. The largest absolute Gasteiger partial charge is 0.494 e. The van der Waals surface area contributed by atoms with Gasteiger partial charge in [-0.2, -0.15) is 0 Å². The lowest BCUT2D eigenvalue weighted by molar-refractivity contribution is 0.103. The lowest BCUT2D eigenvalue weighted by atomic mass is 9.95. The van der Waals surface area contributed by atoms with Crippen LogP contribution >= 0.6 is 0 Å². The third-order valence-electron chi connectivity index (χ3n) is 6.32. The highest BCUT2D eigenvalue weighted by Gasteiger charge is 2.20. The maximum Gasteiger partial charge on any atom is 0.193 e. The van der Waals surface area contributed by atoms with Crippen LogP contribution in [0.4, 0.5) is 0 Å². The van der Waals surface area contributed by atoms with Crippen LogP contribution in [0.2, 0.25) is 0 Å². The van der Waals surface area contributed by atoms with Crippen molar-refractivity contribution in [3.05, 3.63) is 71.4 Å². The van der Waals surface area contributed by atoms with Crippen LogP contribution in [-0.4, -0.2) is 41.1 Å². The second-order valence-electron chi connectivity index (χ2n) is 8.20. The molecule has 1 aliphatic heterocycles. The SMILES string of the molecule is CCOc1ccc(C(=O)c2ccc3c(c2)c(C2=CCN(C(C)CC)CC2)cn3N)cc1. The summed E-state index contributed by atoms with van der Waals surface area (Å²) in [5, 5.41) is 1.03. The highest BCUT2D eigenvalue weighted by atomic mass is 16.5. The molecule has 2 N–H and O–H groups in total. The summed E-state index contributed by atoms with van der Waals surface area (Å²) >= 11 is 0. The van der Waals surface area contributed by atoms with E-state index in [1.807, 2.05) is 55.6 Å². The minimum absolute atomic E-state index is 0.00115. The van der Waals surface area contributed by atoms with Gasteiger partial charge in [-0.15, -0.1) is 0 Å². The normalized spacial score (nSPS) is 15.6. The first-order chi connectivity index (χ1) is 15.0. The lowest BCUT2D eigenvalue weighted by Crippen LogP contribution is -2.35. The Morgan fingerprint density at radius 3 is 2.52 bits per heavy atom. The number of hydrogen-bond donors (Lipinski definition) is 1. The molecule has 3 aromatic rings. The van der Waals surface area contributed by atoms with E-state index < -0.39 is 0 Å². The van der Waals surface area contributed by atoms with Crippen LogP contribution in [0.3, 0.4) is 0 Å². The number of ether oxygens (including phenoxy) is 1. The van der Waals surface area contributed by atoms with E-state index in [0.717, 1.165) is 48.1 Å². The molecule has 1 aromatic heterocycles. The van der Waals surface area contributed by atoms with E-state index in [-0.39, 0.29) is 5.78 Å². The molecule has 0 radical (unpaired) electrons. The van der Waals surface area contributed by atoms with Crippen molar-refractivity contribution >= 4 is 22.3 Å². The number of rotatable bonds is 7. The molecule has 31 heavy (non-hydrogen) atoms. The average molecular weight is 418 g/mol. The first kappa shape index (κ1) is 21.2. The zero-order valence-corrected chi connectivity index (χ0v) is 18.6. The summed E-state index contributed by atoms with van der Waals surface area (Å²) in [6.07, 6.45) is 6.44. The Labute approximate surface area is 184 Å². The summed E-state index contributed by atoms with van der Waals surface area (Å²) in [7, 11) is 0. The molecule has 0 aliphatic carbocycles. The molecule has 0 fully saturated rings. The maximum absolute atomic E-state index is 13.1. The van der Waals surface area contributed by atoms with Crippen LogP contribution in [0.1, 0.15) is 55.1 Å². The molecule has 162 valence electrons. The molecule has 0 saturated heterocycles. The molecule has 0 saturated carbocycles. The quantitative estimate of drug-likeness (QED) is 0.440. The van der Waals surface area contributed by atoms with E-state index in [1.165, 1.54) is 5.57 Å². The van der Waals surface area contributed by atoms with Gasteiger partial charge in [0.15, 0.2) is 5.78 Å². The number of fused-ring (bicyclic) bond motifs is 1. The van der Waals surface area contributed by atoms with Crippen LogP contribution in [0.5, 0.6) is 5.75 Å². The molecule has 1 unspecified atom stereocenters. The van der Waals surface area contributed by atoms with Crippen LogP contribution in [-0.2, 0) is 0 Å². The van der Waals surface area contributed by atoms with Gasteiger partial charge < -0.3 is 10.6 Å². The lowest BCUT2D eigenvalue weighted by Gasteiger charge is -2.31. The predicted octanol–water partition coefficient (Wildman–Crippen LogP) is 4.87. The number of aromatic nitrogens is 1. The number of nitrogens with zero attached hydrogens (tertiary/aromatic N) is 2. The Kier molecular flexibility index (Phi) is 6.14. The van der Waals surface area contributed by atoms with E-state index >= 15 is 0 Å². The summed E-state index contributed by atoms with van der Waals surface area (Å²) in [4.78, 5) is 15.6. The molecule has 1 atom stereocenters. The Morgan fingerprint density at radius 2 is 1.87 bits per heavy atom. The highest BCUT2D eigenvalue weighted by molar-refractivity contribution is 6.11. The summed E-state index contributed by atoms with van der Waals surface area (Å²) in [6.45, 7) is 9.06. The molecule has 1 aliphatic rings. The molecule has 0 bridgehead atoms. The smallest absolute Gasteiger partial charge is 0.193 e. The standard InChI is InChI=1S/C26H31N3O2/c1-4-18(3)28-14-12-19(13-15-28)24-17-29(27)25-11-8-21(16-23(24)25)26(30)20-6-9-22(10-7-20)31-5-2/h6-12,16-18H,4-5,13-15,27H2,1-3H3. The van der Waals surface area contributed by atoms with E-state index in [9.17, 15) is 4.79 Å². The fraction of sp³-hybridized carbons (Fsp3) is 0.346. The number of nitrogens with two attached hydrogens (primary N) is 1. The number of carbonyl (C=O) groups is 1. The molecule has 5 nitrogen and oxygen atoms in total. The molecule has 4 rings (SSSR count). The Balaban J connectivity index is 1.65. The van der Waals surface area contributed by atoms with Crippen LogP contribution in [0.25, 0.3) is 16.5 Å². The zero-order chi connectivity index (χ0) is 22.0. The van der Waals surface area contributed by atoms with Crippen LogP contribution in [0, 0.1) is 0 Å². The zero-order valence-electron chi connectivity index (χ0n) is 18.6. The van der Waals surface area contributed by atoms with Crippen molar-refractivity contribution in [2.45, 2.75) is 39.7 Å². The monoisotopic (exact) mass is 417 g/mol. The van der Waals surface area contributed by atoms with Gasteiger partial charge in [-0.25, -0.2) is 0 Å². The van der Waals surface area contributed by atoms with Gasteiger partial charge in [0, 0.05) is 47.4 Å². The van der Waals surface area contributed by atoms with Gasteiger partial charge in [0.05, 0.1) is 12.1 Å². The third-order valence-corrected chi connectivity index (χ3v) is 6.32. The van der Waals surface area contributed by atoms with Gasteiger partial charge in [0.1, 0.15) is 5.75 Å². The van der Waals surface area contributed by atoms with E-state index in [2.05, 4.69) is 24.8 Å². The van der Waals surface area contributed by atoms with Crippen molar-refractivity contribution < 1.29 is 9.53 Å². The molecular weight excluding hydrogens is 386 g/mol. The highest BCUT2D eigenvalue weighted by Crippen LogP contribution is 2.32. The number of nitrogen functional groups attached to an aromatic ring is 1. The fourth-order valence-electron chi connectivity index (χ4n) is 4.28. The van der Waals surface area contributed by atoms with Crippen molar-refractivity contribution in [1.29, 1.82) is 0 Å². The summed E-state index contributed by atoms with van der Waals surface area (Å²) in [6, 6.07) is 13.7. The molecule has 2 aromatic carbocycles. The molecule has 5 heteroatoms. The van der Waals surface area contributed by atoms with Gasteiger partial charge in [-0.3, -0.25) is 14.4 Å². The van der Waals surface area contributed by atoms with Gasteiger partial charge in [0.25, 0.3) is 0 Å². The van der Waals surface area contributed by atoms with E-state index in [0.29, 0.717) is 23.8 Å². The van der Waals surface area contributed by atoms with Gasteiger partial charge in [-0.1, -0.05) is 13.0 Å². The molecule has 0 amide bonds. The Hall–Kier alpha value is -3.05. The molecular formula is C26H31N3O2. The Morgan fingerprint density at radius 1 is 1.13 bits per heavy atom. The van der Waals surface area contributed by atoms with E-state index in [1.54, 1.807) is 4.68 Å². The minimum atomic E-state index is 0.00115. The number of hydrogen-bond acceptors (Lipinski definition) is 4. The summed E-state index contributed by atoms with van der Waals surface area (Å²) < 4.78 is 7.15.